The molecule has 0 atom stereocenters. The number of carbonyl (C=O) groups is 2. The first-order valence-corrected chi connectivity index (χ1v) is 15.1. The lowest BCUT2D eigenvalue weighted by atomic mass is 9.57. The van der Waals surface area contributed by atoms with E-state index in [1.54, 1.807) is 6.07 Å². The number of carbonyl (C=O) groups excluding carboxylic acids is 1. The maximum atomic E-state index is 15.3. The summed E-state index contributed by atoms with van der Waals surface area (Å²) in [6.07, 6.45) is -0.776. The molecule has 3 aliphatic rings. The molecule has 1 aliphatic heterocycles. The Morgan fingerprint density at radius 3 is 2.61 bits per heavy atom. The summed E-state index contributed by atoms with van der Waals surface area (Å²) in [4.78, 5) is 28.1. The Kier molecular flexibility index (Phi) is 6.85. The lowest BCUT2D eigenvalue weighted by molar-refractivity contribution is -0.137. The van der Waals surface area contributed by atoms with Crippen molar-refractivity contribution in [1.29, 1.82) is 0 Å². The second kappa shape index (κ2) is 10.5. The molecule has 13 heteroatoms. The van der Waals surface area contributed by atoms with Gasteiger partial charge in [-0.05, 0) is 74.5 Å². The van der Waals surface area contributed by atoms with Gasteiger partial charge >= 0.3 is 12.1 Å². The number of fused-ring (bicyclic) bond motifs is 1. The molecule has 3 heterocycles. The zero-order valence-corrected chi connectivity index (χ0v) is 24.0. The maximum Gasteiger partial charge on any atom is 0.417 e. The molecule has 0 unspecified atom stereocenters. The number of benzene rings is 2. The minimum Gasteiger partial charge on any atom is -0.480 e. The molecule has 1 spiro atoms. The van der Waals surface area contributed by atoms with Gasteiger partial charge in [0.2, 0.25) is 0 Å². The first kappa shape index (κ1) is 28.7. The fourth-order valence-electron chi connectivity index (χ4n) is 6.45. The van der Waals surface area contributed by atoms with Gasteiger partial charge in [0.15, 0.2) is 5.82 Å². The summed E-state index contributed by atoms with van der Waals surface area (Å²) in [6, 6.07) is 7.84. The highest BCUT2D eigenvalue weighted by atomic mass is 32.1. The van der Waals surface area contributed by atoms with E-state index in [9.17, 15) is 22.8 Å². The van der Waals surface area contributed by atoms with Crippen LogP contribution in [0.3, 0.4) is 0 Å². The van der Waals surface area contributed by atoms with E-state index in [0.29, 0.717) is 27.5 Å². The standard InChI is InChI=1S/C31H26F4N4O4S/c32-20-11-16(28(42)37-14-22(40)41)12-21-26(20)38-29(44-21)24-18(13-30(24)7-9-36-10-8-30)23-25(39-43-27(23)15-5-6-15)17-3-1-2-4-19(17)31(33,34)35/h1-4,11-12,15,36H,5-10,13-14H2,(H,37,42)(H,40,41). The molecule has 2 fully saturated rings. The van der Waals surface area contributed by atoms with Crippen LogP contribution in [0, 0.1) is 11.2 Å². The first-order valence-electron chi connectivity index (χ1n) is 14.3. The minimum absolute atomic E-state index is 0.0352. The number of carboxylic acids is 1. The van der Waals surface area contributed by atoms with Crippen LogP contribution < -0.4 is 10.6 Å². The molecule has 1 saturated carbocycles. The average molecular weight is 627 g/mol. The van der Waals surface area contributed by atoms with Gasteiger partial charge in [0.05, 0.1) is 10.3 Å². The van der Waals surface area contributed by atoms with E-state index in [1.807, 2.05) is 0 Å². The summed E-state index contributed by atoms with van der Waals surface area (Å²) < 4.78 is 63.9. The summed E-state index contributed by atoms with van der Waals surface area (Å²) in [7, 11) is 0. The van der Waals surface area contributed by atoms with E-state index in [1.165, 1.54) is 29.5 Å². The number of allylic oxidation sites excluding steroid dienone is 2. The SMILES string of the molecule is O=C(O)CNC(=O)c1cc(F)c2nc(C3=C(c4c(-c5ccccc5C(F)(F)F)noc4C4CC4)CC34CCNCC4)sc2c1. The molecule has 44 heavy (non-hydrogen) atoms. The van der Waals surface area contributed by atoms with Crippen molar-refractivity contribution in [2.24, 2.45) is 5.41 Å². The van der Waals surface area contributed by atoms with Crippen LogP contribution in [0.25, 0.3) is 32.6 Å². The van der Waals surface area contributed by atoms with Gasteiger partial charge in [-0.15, -0.1) is 11.3 Å². The number of aromatic nitrogens is 2. The third kappa shape index (κ3) is 4.87. The molecule has 0 bridgehead atoms. The van der Waals surface area contributed by atoms with Gasteiger partial charge in [-0.25, -0.2) is 9.37 Å². The van der Waals surface area contributed by atoms with Crippen molar-refractivity contribution < 1.29 is 36.8 Å². The van der Waals surface area contributed by atoms with Crippen LogP contribution in [0.2, 0.25) is 0 Å². The Bertz CT molecular complexity index is 1850. The molecule has 1 saturated heterocycles. The second-order valence-corrected chi connectivity index (χ2v) is 12.6. The molecule has 2 aliphatic carbocycles. The lowest BCUT2D eigenvalue weighted by Crippen LogP contribution is -2.42. The van der Waals surface area contributed by atoms with Gasteiger partial charge in [-0.2, -0.15) is 13.2 Å². The molecule has 4 aromatic rings. The third-order valence-corrected chi connectivity index (χ3v) is 9.71. The van der Waals surface area contributed by atoms with Crippen LogP contribution in [-0.4, -0.2) is 46.8 Å². The largest absolute Gasteiger partial charge is 0.480 e. The van der Waals surface area contributed by atoms with Gasteiger partial charge in [0.25, 0.3) is 5.91 Å². The van der Waals surface area contributed by atoms with Crippen LogP contribution in [0.4, 0.5) is 17.6 Å². The molecule has 2 aromatic heterocycles. The lowest BCUT2D eigenvalue weighted by Gasteiger charge is -2.48. The average Bonchev–Trinajstić information content (AvgIpc) is 3.60. The number of nitrogens with zero attached hydrogens (tertiary/aromatic N) is 2. The van der Waals surface area contributed by atoms with Crippen molar-refractivity contribution in [3.05, 3.63) is 69.7 Å². The zero-order chi connectivity index (χ0) is 30.8. The molecule has 1 amide bonds. The van der Waals surface area contributed by atoms with Gasteiger partial charge in [0.1, 0.15) is 28.5 Å². The van der Waals surface area contributed by atoms with Gasteiger partial charge in [-0.1, -0.05) is 23.4 Å². The summed E-state index contributed by atoms with van der Waals surface area (Å²) in [5.41, 5.74) is 1.23. The second-order valence-electron chi connectivity index (χ2n) is 11.5. The fraction of sp³-hybridized carbons (Fsp3) is 0.355. The number of rotatable bonds is 7. The van der Waals surface area contributed by atoms with Crippen molar-refractivity contribution in [3.8, 4) is 11.3 Å². The van der Waals surface area contributed by atoms with E-state index in [2.05, 4.69) is 20.8 Å². The Morgan fingerprint density at radius 2 is 1.91 bits per heavy atom. The molecule has 2 aromatic carbocycles. The molecule has 8 nitrogen and oxygen atoms in total. The number of thiazole rings is 1. The summed E-state index contributed by atoms with van der Waals surface area (Å²) in [5.74, 6) is -2.06. The number of hydrogen-bond acceptors (Lipinski definition) is 7. The smallest absolute Gasteiger partial charge is 0.417 e. The first-order chi connectivity index (χ1) is 21.1. The van der Waals surface area contributed by atoms with Crippen LogP contribution >= 0.6 is 11.3 Å². The number of aliphatic carboxylic acids is 1. The molecule has 7 rings (SSSR count). The summed E-state index contributed by atoms with van der Waals surface area (Å²) in [5, 5.41) is 19.2. The number of halogens is 4. The van der Waals surface area contributed by atoms with E-state index >= 15 is 4.39 Å². The fourth-order valence-corrected chi connectivity index (χ4v) is 7.67. The summed E-state index contributed by atoms with van der Waals surface area (Å²) >= 11 is 1.20. The van der Waals surface area contributed by atoms with Gasteiger partial charge in [-0.3, -0.25) is 9.59 Å². The molecular weight excluding hydrogens is 600 g/mol. The molecule has 0 radical (unpaired) electrons. The van der Waals surface area contributed by atoms with Crippen molar-refractivity contribution in [1.82, 2.24) is 20.8 Å². The van der Waals surface area contributed by atoms with Crippen molar-refractivity contribution in [3.63, 3.8) is 0 Å². The molecule has 228 valence electrons. The number of amides is 1. The highest BCUT2D eigenvalue weighted by Gasteiger charge is 2.50. The highest BCUT2D eigenvalue weighted by molar-refractivity contribution is 7.19. The number of hydrogen-bond donors (Lipinski definition) is 3. The van der Waals surface area contributed by atoms with Crippen LogP contribution in [-0.2, 0) is 11.0 Å². The monoisotopic (exact) mass is 626 g/mol. The topological polar surface area (TPSA) is 117 Å². The van der Waals surface area contributed by atoms with Crippen molar-refractivity contribution in [2.45, 2.75) is 44.2 Å². The Balaban J connectivity index is 1.41. The zero-order valence-electron chi connectivity index (χ0n) is 23.2. The van der Waals surface area contributed by atoms with Gasteiger partial charge < -0.3 is 20.3 Å². The number of alkyl halides is 3. The number of piperidine rings is 1. The maximum absolute atomic E-state index is 15.3. The predicted octanol–water partition coefficient (Wildman–Crippen LogP) is 6.49. The predicted molar refractivity (Wildman–Crippen MR) is 154 cm³/mol. The normalized spacial score (nSPS) is 18.1. The summed E-state index contributed by atoms with van der Waals surface area (Å²) in [6.45, 7) is 0.876. The Hall–Kier alpha value is -4.10. The van der Waals surface area contributed by atoms with Crippen molar-refractivity contribution in [2.75, 3.05) is 19.6 Å². The Morgan fingerprint density at radius 1 is 1.16 bits per heavy atom. The third-order valence-electron chi connectivity index (χ3n) is 8.69. The quantitative estimate of drug-likeness (QED) is 0.201. The Labute approximate surface area is 252 Å². The van der Waals surface area contributed by atoms with E-state index in [0.717, 1.165) is 62.1 Å². The molecular formula is C31H26F4N4O4S. The van der Waals surface area contributed by atoms with E-state index in [4.69, 9.17) is 9.63 Å². The van der Waals surface area contributed by atoms with Crippen molar-refractivity contribution >= 4 is 44.6 Å². The van der Waals surface area contributed by atoms with Crippen LogP contribution in [0.1, 0.15) is 70.3 Å². The highest BCUT2D eigenvalue weighted by Crippen LogP contribution is 2.63. The van der Waals surface area contributed by atoms with E-state index < -0.39 is 36.0 Å². The number of nitrogens with one attached hydrogen (secondary N) is 2. The van der Waals surface area contributed by atoms with Crippen LogP contribution in [0.5, 0.6) is 0 Å². The van der Waals surface area contributed by atoms with E-state index in [-0.39, 0.29) is 33.7 Å². The minimum atomic E-state index is -4.60. The molecule has 3 N–H and O–H groups in total. The van der Waals surface area contributed by atoms with Crippen LogP contribution in [0.15, 0.2) is 40.9 Å². The number of carboxylic acid groups (broad SMARTS) is 1. The van der Waals surface area contributed by atoms with Gasteiger partial charge in [0, 0.05) is 28.0 Å².